The van der Waals surface area contributed by atoms with Gasteiger partial charge in [0.25, 0.3) is 0 Å². The predicted molar refractivity (Wildman–Crippen MR) is 61.0 cm³/mol. The van der Waals surface area contributed by atoms with Crippen LogP contribution in [0.2, 0.25) is 0 Å². The molecular formula is C11H13FN2O4. The van der Waals surface area contributed by atoms with Crippen molar-refractivity contribution < 1.29 is 19.2 Å². The van der Waals surface area contributed by atoms with Crippen LogP contribution in [0.15, 0.2) is 18.2 Å². The largest absolute Gasteiger partial charge is 0.479 e. The van der Waals surface area contributed by atoms with Crippen LogP contribution in [0, 0.1) is 15.9 Å². The second-order valence-corrected chi connectivity index (χ2v) is 4.31. The van der Waals surface area contributed by atoms with Crippen molar-refractivity contribution in [2.24, 2.45) is 0 Å². The van der Waals surface area contributed by atoms with Crippen molar-refractivity contribution in [2.75, 3.05) is 20.1 Å². The third-order valence-corrected chi connectivity index (χ3v) is 2.82. The molecule has 1 aromatic carbocycles. The molecule has 1 fully saturated rings. The molecule has 0 saturated carbocycles. The molecule has 1 N–H and O–H groups in total. The summed E-state index contributed by atoms with van der Waals surface area (Å²) in [5, 5.41) is 20.5. The summed E-state index contributed by atoms with van der Waals surface area (Å²) in [5.74, 6) is -0.768. The SMILES string of the molecule is CN1C[C@H](Oc2cc(F)ccc2[N+](=O)[O-])[C@@H](O)C1. The number of ether oxygens (including phenoxy) is 1. The maximum absolute atomic E-state index is 13.1. The van der Waals surface area contributed by atoms with Crippen LogP contribution in [0.25, 0.3) is 0 Å². The van der Waals surface area contributed by atoms with Gasteiger partial charge in [-0.15, -0.1) is 0 Å². The van der Waals surface area contributed by atoms with E-state index in [-0.39, 0.29) is 11.4 Å². The highest BCUT2D eigenvalue weighted by Gasteiger charge is 2.32. The summed E-state index contributed by atoms with van der Waals surface area (Å²) in [5.41, 5.74) is -0.307. The molecule has 98 valence electrons. The lowest BCUT2D eigenvalue weighted by Crippen LogP contribution is -2.30. The Morgan fingerprint density at radius 2 is 2.28 bits per heavy atom. The normalized spacial score (nSPS) is 24.2. The van der Waals surface area contributed by atoms with Gasteiger partial charge >= 0.3 is 5.69 Å². The van der Waals surface area contributed by atoms with E-state index >= 15 is 0 Å². The lowest BCUT2D eigenvalue weighted by atomic mass is 10.2. The number of aliphatic hydroxyl groups is 1. The molecule has 7 heteroatoms. The first-order valence-electron chi connectivity index (χ1n) is 5.44. The molecule has 0 amide bonds. The Balaban J connectivity index is 2.22. The number of nitro benzene ring substituents is 1. The number of hydrogen-bond donors (Lipinski definition) is 1. The van der Waals surface area contributed by atoms with Gasteiger partial charge < -0.3 is 9.84 Å². The summed E-state index contributed by atoms with van der Waals surface area (Å²) in [4.78, 5) is 12.0. The van der Waals surface area contributed by atoms with Crippen LogP contribution >= 0.6 is 0 Å². The molecule has 18 heavy (non-hydrogen) atoms. The number of hydrogen-bond acceptors (Lipinski definition) is 5. The highest BCUT2D eigenvalue weighted by Crippen LogP contribution is 2.29. The van der Waals surface area contributed by atoms with E-state index in [9.17, 15) is 19.6 Å². The number of likely N-dealkylation sites (N-methyl/N-ethyl adjacent to an activating group) is 1. The second-order valence-electron chi connectivity index (χ2n) is 4.31. The molecule has 0 aliphatic carbocycles. The highest BCUT2D eigenvalue weighted by atomic mass is 19.1. The molecule has 1 aliphatic rings. The average Bonchev–Trinajstić information content (AvgIpc) is 2.57. The topological polar surface area (TPSA) is 75.8 Å². The number of β-amino-alcohol motifs (C(OH)–C–C–N with tert-alkyl or cyclic N) is 1. The standard InChI is InChI=1S/C11H13FN2O4/c1-13-5-9(15)11(6-13)18-10-4-7(12)2-3-8(10)14(16)17/h2-4,9,11,15H,5-6H2,1H3/t9-,11-/m0/s1. The molecule has 2 atom stereocenters. The van der Waals surface area contributed by atoms with Gasteiger partial charge in [0.2, 0.25) is 0 Å². The van der Waals surface area contributed by atoms with E-state index in [0.717, 1.165) is 18.2 Å². The molecule has 1 heterocycles. The third kappa shape index (κ3) is 2.57. The maximum atomic E-state index is 13.1. The van der Waals surface area contributed by atoms with Crippen LogP contribution < -0.4 is 4.74 Å². The van der Waals surface area contributed by atoms with Crippen molar-refractivity contribution in [1.82, 2.24) is 4.90 Å². The van der Waals surface area contributed by atoms with E-state index in [1.54, 1.807) is 7.05 Å². The third-order valence-electron chi connectivity index (χ3n) is 2.82. The molecule has 0 aromatic heterocycles. The van der Waals surface area contributed by atoms with Gasteiger partial charge in [-0.25, -0.2) is 4.39 Å². The minimum Gasteiger partial charge on any atom is -0.479 e. The molecule has 0 unspecified atom stereocenters. The molecule has 2 rings (SSSR count). The summed E-state index contributed by atoms with van der Waals surface area (Å²) in [6, 6.07) is 3.01. The highest BCUT2D eigenvalue weighted by molar-refractivity contribution is 5.46. The number of nitro groups is 1. The van der Waals surface area contributed by atoms with E-state index < -0.39 is 22.9 Å². The Morgan fingerprint density at radius 1 is 1.56 bits per heavy atom. The molecule has 0 radical (unpaired) electrons. The van der Waals surface area contributed by atoms with Crippen LogP contribution in [-0.2, 0) is 0 Å². The van der Waals surface area contributed by atoms with Gasteiger partial charge in [-0.05, 0) is 13.1 Å². The van der Waals surface area contributed by atoms with Gasteiger partial charge in [0.15, 0.2) is 5.75 Å². The van der Waals surface area contributed by atoms with Crippen molar-refractivity contribution in [2.45, 2.75) is 12.2 Å². The van der Waals surface area contributed by atoms with E-state index in [1.165, 1.54) is 0 Å². The van der Waals surface area contributed by atoms with E-state index in [1.807, 2.05) is 4.90 Å². The fourth-order valence-corrected chi connectivity index (χ4v) is 1.95. The summed E-state index contributed by atoms with van der Waals surface area (Å²) in [6.45, 7) is 0.864. The molecule has 1 aliphatic heterocycles. The van der Waals surface area contributed by atoms with Crippen molar-refractivity contribution in [3.8, 4) is 5.75 Å². The molecule has 6 nitrogen and oxygen atoms in total. The zero-order chi connectivity index (χ0) is 13.3. The van der Waals surface area contributed by atoms with Crippen molar-refractivity contribution in [3.05, 3.63) is 34.1 Å². The van der Waals surface area contributed by atoms with Gasteiger partial charge in [0.1, 0.15) is 18.0 Å². The first-order valence-corrected chi connectivity index (χ1v) is 5.44. The number of halogens is 1. The molecule has 1 aromatic rings. The van der Waals surface area contributed by atoms with Gasteiger partial charge in [-0.3, -0.25) is 15.0 Å². The van der Waals surface area contributed by atoms with Crippen molar-refractivity contribution >= 4 is 5.69 Å². The van der Waals surface area contributed by atoms with E-state index in [2.05, 4.69) is 0 Å². The second kappa shape index (κ2) is 4.87. The Labute approximate surface area is 103 Å². The summed E-state index contributed by atoms with van der Waals surface area (Å²) in [7, 11) is 1.80. The zero-order valence-electron chi connectivity index (χ0n) is 9.75. The van der Waals surface area contributed by atoms with Gasteiger partial charge in [0.05, 0.1) is 4.92 Å². The summed E-state index contributed by atoms with van der Waals surface area (Å²) in [6.07, 6.45) is -1.33. The molecule has 0 bridgehead atoms. The van der Waals surface area contributed by atoms with Crippen LogP contribution in [0.1, 0.15) is 0 Å². The lowest BCUT2D eigenvalue weighted by Gasteiger charge is -2.16. The van der Waals surface area contributed by atoms with Gasteiger partial charge in [-0.2, -0.15) is 0 Å². The van der Waals surface area contributed by atoms with Crippen LogP contribution in [0.5, 0.6) is 5.75 Å². The van der Waals surface area contributed by atoms with Crippen LogP contribution in [0.3, 0.4) is 0 Å². The lowest BCUT2D eigenvalue weighted by molar-refractivity contribution is -0.386. The molecular weight excluding hydrogens is 243 g/mol. The minimum atomic E-state index is -0.738. The fourth-order valence-electron chi connectivity index (χ4n) is 1.95. The monoisotopic (exact) mass is 256 g/mol. The first-order chi connectivity index (χ1) is 8.47. The number of nitrogens with zero attached hydrogens (tertiary/aromatic N) is 2. The Morgan fingerprint density at radius 3 is 2.83 bits per heavy atom. The Bertz CT molecular complexity index is 468. The molecule has 0 spiro atoms. The van der Waals surface area contributed by atoms with Gasteiger partial charge in [0, 0.05) is 25.2 Å². The number of likely N-dealkylation sites (tertiary alicyclic amines) is 1. The summed E-state index contributed by atoms with van der Waals surface area (Å²) >= 11 is 0. The smallest absolute Gasteiger partial charge is 0.311 e. The van der Waals surface area contributed by atoms with Crippen LogP contribution in [-0.4, -0.2) is 47.3 Å². The van der Waals surface area contributed by atoms with E-state index in [4.69, 9.17) is 4.74 Å². The van der Waals surface area contributed by atoms with E-state index in [0.29, 0.717) is 13.1 Å². The van der Waals surface area contributed by atoms with Crippen molar-refractivity contribution in [3.63, 3.8) is 0 Å². The number of benzene rings is 1. The first kappa shape index (κ1) is 12.7. The minimum absolute atomic E-state index is 0.153. The quantitative estimate of drug-likeness (QED) is 0.639. The van der Waals surface area contributed by atoms with Crippen molar-refractivity contribution in [1.29, 1.82) is 0 Å². The molecule has 1 saturated heterocycles. The maximum Gasteiger partial charge on any atom is 0.311 e. The number of aliphatic hydroxyl groups excluding tert-OH is 1. The fraction of sp³-hybridized carbons (Fsp3) is 0.455. The average molecular weight is 256 g/mol. The van der Waals surface area contributed by atoms with Gasteiger partial charge in [-0.1, -0.05) is 0 Å². The number of rotatable bonds is 3. The zero-order valence-corrected chi connectivity index (χ0v) is 9.75. The Hall–Kier alpha value is -1.73. The summed E-state index contributed by atoms with van der Waals surface area (Å²) < 4.78 is 18.4. The predicted octanol–water partition coefficient (Wildman–Crippen LogP) is 0.788. The van der Waals surface area contributed by atoms with Crippen LogP contribution in [0.4, 0.5) is 10.1 Å². The Kier molecular flexibility index (Phi) is 3.44.